The standard InChI is InChI=1S/C15H23N5/c1-4-8-16-12-7-9-17-13(10-12)11-20-15(6-3)18-14(5-2)19-20/h7,9-10H,4-6,8,11H2,1-3H3,(H,16,17). The Bertz CT molecular complexity index is 547. The Labute approximate surface area is 120 Å². The lowest BCUT2D eigenvalue weighted by atomic mass is 10.3. The maximum absolute atomic E-state index is 4.53. The first-order valence-electron chi connectivity index (χ1n) is 7.38. The van der Waals surface area contributed by atoms with E-state index >= 15 is 0 Å². The Hall–Kier alpha value is -1.91. The van der Waals surface area contributed by atoms with Crippen LogP contribution < -0.4 is 5.32 Å². The van der Waals surface area contributed by atoms with Gasteiger partial charge < -0.3 is 5.32 Å². The fourth-order valence-corrected chi connectivity index (χ4v) is 2.06. The lowest BCUT2D eigenvalue weighted by molar-refractivity contribution is 0.627. The summed E-state index contributed by atoms with van der Waals surface area (Å²) in [6, 6.07) is 4.08. The minimum Gasteiger partial charge on any atom is -0.385 e. The predicted octanol–water partition coefficient (Wildman–Crippen LogP) is 2.67. The molecule has 0 unspecified atom stereocenters. The number of nitrogens with one attached hydrogen (secondary N) is 1. The molecule has 0 aliphatic carbocycles. The van der Waals surface area contributed by atoms with E-state index in [1.54, 1.807) is 0 Å². The zero-order chi connectivity index (χ0) is 14.4. The second-order valence-corrected chi connectivity index (χ2v) is 4.77. The summed E-state index contributed by atoms with van der Waals surface area (Å²) in [6.07, 6.45) is 4.71. The van der Waals surface area contributed by atoms with Crippen LogP contribution in [0.25, 0.3) is 0 Å². The van der Waals surface area contributed by atoms with Crippen LogP contribution in [0, 0.1) is 0 Å². The van der Waals surface area contributed by atoms with E-state index in [9.17, 15) is 0 Å². The van der Waals surface area contributed by atoms with Gasteiger partial charge in [-0.2, -0.15) is 5.10 Å². The van der Waals surface area contributed by atoms with Crippen molar-refractivity contribution in [2.24, 2.45) is 0 Å². The van der Waals surface area contributed by atoms with E-state index < -0.39 is 0 Å². The third-order valence-electron chi connectivity index (χ3n) is 3.13. The number of anilines is 1. The zero-order valence-corrected chi connectivity index (χ0v) is 12.6. The molecule has 2 heterocycles. The highest BCUT2D eigenvalue weighted by atomic mass is 15.3. The fourth-order valence-electron chi connectivity index (χ4n) is 2.06. The molecule has 5 heteroatoms. The zero-order valence-electron chi connectivity index (χ0n) is 12.6. The third kappa shape index (κ3) is 3.56. The molecule has 5 nitrogen and oxygen atoms in total. The normalized spacial score (nSPS) is 10.8. The van der Waals surface area contributed by atoms with Crippen LogP contribution in [0.4, 0.5) is 5.69 Å². The molecule has 2 rings (SSSR count). The highest BCUT2D eigenvalue weighted by Gasteiger charge is 2.08. The van der Waals surface area contributed by atoms with Gasteiger partial charge in [0.1, 0.15) is 5.82 Å². The summed E-state index contributed by atoms with van der Waals surface area (Å²) in [5, 5.41) is 7.91. The van der Waals surface area contributed by atoms with Crippen molar-refractivity contribution in [3.05, 3.63) is 35.7 Å². The summed E-state index contributed by atoms with van der Waals surface area (Å²) in [7, 11) is 0. The van der Waals surface area contributed by atoms with Crippen molar-refractivity contribution in [3.63, 3.8) is 0 Å². The predicted molar refractivity (Wildman–Crippen MR) is 80.9 cm³/mol. The second-order valence-electron chi connectivity index (χ2n) is 4.77. The van der Waals surface area contributed by atoms with Gasteiger partial charge in [-0.25, -0.2) is 9.67 Å². The SMILES string of the molecule is CCCNc1ccnc(Cn2nc(CC)nc2CC)c1. The number of nitrogens with zero attached hydrogens (tertiary/aromatic N) is 4. The Morgan fingerprint density at radius 3 is 2.75 bits per heavy atom. The first-order valence-corrected chi connectivity index (χ1v) is 7.38. The van der Waals surface area contributed by atoms with Gasteiger partial charge in [-0.1, -0.05) is 20.8 Å². The van der Waals surface area contributed by atoms with Crippen molar-refractivity contribution in [1.82, 2.24) is 19.7 Å². The molecule has 2 aromatic rings. The average Bonchev–Trinajstić information content (AvgIpc) is 2.87. The van der Waals surface area contributed by atoms with Crippen molar-refractivity contribution in [3.8, 4) is 0 Å². The van der Waals surface area contributed by atoms with Gasteiger partial charge in [-0.15, -0.1) is 0 Å². The largest absolute Gasteiger partial charge is 0.385 e. The topological polar surface area (TPSA) is 55.6 Å². The van der Waals surface area contributed by atoms with E-state index in [4.69, 9.17) is 0 Å². The van der Waals surface area contributed by atoms with E-state index in [1.165, 1.54) is 0 Å². The maximum Gasteiger partial charge on any atom is 0.150 e. The molecule has 2 aromatic heterocycles. The van der Waals surface area contributed by atoms with Crippen LogP contribution in [0.3, 0.4) is 0 Å². The van der Waals surface area contributed by atoms with Crippen molar-refractivity contribution >= 4 is 5.69 Å². The van der Waals surface area contributed by atoms with E-state index in [1.807, 2.05) is 16.9 Å². The number of aryl methyl sites for hydroxylation is 2. The van der Waals surface area contributed by atoms with Crippen molar-refractivity contribution in [2.75, 3.05) is 11.9 Å². The molecular weight excluding hydrogens is 250 g/mol. The van der Waals surface area contributed by atoms with Gasteiger partial charge in [0.2, 0.25) is 0 Å². The summed E-state index contributed by atoms with van der Waals surface area (Å²) >= 11 is 0. The van der Waals surface area contributed by atoms with Crippen LogP contribution in [0.15, 0.2) is 18.3 Å². The van der Waals surface area contributed by atoms with Crippen LogP contribution in [0.5, 0.6) is 0 Å². The van der Waals surface area contributed by atoms with Crippen molar-refractivity contribution < 1.29 is 0 Å². The fraction of sp³-hybridized carbons (Fsp3) is 0.533. The number of pyridine rings is 1. The number of hydrogen-bond donors (Lipinski definition) is 1. The van der Waals surface area contributed by atoms with Gasteiger partial charge in [0.15, 0.2) is 5.82 Å². The summed E-state index contributed by atoms with van der Waals surface area (Å²) in [6.45, 7) is 7.99. The van der Waals surface area contributed by atoms with Crippen LogP contribution in [0.2, 0.25) is 0 Å². The lowest BCUT2D eigenvalue weighted by Gasteiger charge is -2.08. The average molecular weight is 273 g/mol. The molecule has 0 radical (unpaired) electrons. The van der Waals surface area contributed by atoms with E-state index in [-0.39, 0.29) is 0 Å². The molecule has 0 saturated heterocycles. The molecule has 0 amide bonds. The van der Waals surface area contributed by atoms with Crippen LogP contribution >= 0.6 is 0 Å². The molecule has 1 N–H and O–H groups in total. The minimum atomic E-state index is 0.678. The Kier molecular flexibility index (Phi) is 5.09. The molecule has 0 atom stereocenters. The molecule has 0 aliphatic heterocycles. The van der Waals surface area contributed by atoms with E-state index in [0.29, 0.717) is 6.54 Å². The second kappa shape index (κ2) is 7.03. The molecule has 0 aliphatic rings. The number of hydrogen-bond acceptors (Lipinski definition) is 4. The summed E-state index contributed by atoms with van der Waals surface area (Å²) < 4.78 is 1.96. The number of aromatic nitrogens is 4. The monoisotopic (exact) mass is 273 g/mol. The molecule has 108 valence electrons. The molecule has 0 aromatic carbocycles. The van der Waals surface area contributed by atoms with Gasteiger partial charge in [0.05, 0.1) is 12.2 Å². The lowest BCUT2D eigenvalue weighted by Crippen LogP contribution is -2.08. The van der Waals surface area contributed by atoms with Crippen LogP contribution in [-0.4, -0.2) is 26.3 Å². The summed E-state index contributed by atoms with van der Waals surface area (Å²) in [5.41, 5.74) is 2.12. The molecule has 0 saturated carbocycles. The Morgan fingerprint density at radius 2 is 2.05 bits per heavy atom. The molecule has 20 heavy (non-hydrogen) atoms. The highest BCUT2D eigenvalue weighted by molar-refractivity contribution is 5.43. The number of rotatable bonds is 7. The van der Waals surface area contributed by atoms with Gasteiger partial charge >= 0.3 is 0 Å². The molecular formula is C15H23N5. The minimum absolute atomic E-state index is 0.678. The van der Waals surface area contributed by atoms with E-state index in [2.05, 4.69) is 47.2 Å². The van der Waals surface area contributed by atoms with Crippen LogP contribution in [-0.2, 0) is 19.4 Å². The van der Waals surface area contributed by atoms with Gasteiger partial charge in [0.25, 0.3) is 0 Å². The summed E-state index contributed by atoms with van der Waals surface area (Å²) in [4.78, 5) is 8.95. The first-order chi connectivity index (χ1) is 9.76. The summed E-state index contributed by atoms with van der Waals surface area (Å²) in [5.74, 6) is 1.93. The van der Waals surface area contributed by atoms with Crippen molar-refractivity contribution in [1.29, 1.82) is 0 Å². The van der Waals surface area contributed by atoms with E-state index in [0.717, 1.165) is 48.8 Å². The van der Waals surface area contributed by atoms with Gasteiger partial charge in [0, 0.05) is 31.3 Å². The molecule has 0 bridgehead atoms. The highest BCUT2D eigenvalue weighted by Crippen LogP contribution is 2.10. The molecule has 0 spiro atoms. The Balaban J connectivity index is 2.14. The van der Waals surface area contributed by atoms with Gasteiger partial charge in [-0.05, 0) is 18.6 Å². The Morgan fingerprint density at radius 1 is 1.20 bits per heavy atom. The smallest absolute Gasteiger partial charge is 0.150 e. The van der Waals surface area contributed by atoms with Gasteiger partial charge in [-0.3, -0.25) is 4.98 Å². The quantitative estimate of drug-likeness (QED) is 0.842. The van der Waals surface area contributed by atoms with Crippen LogP contribution in [0.1, 0.15) is 44.5 Å². The first kappa shape index (κ1) is 14.5. The maximum atomic E-state index is 4.53. The van der Waals surface area contributed by atoms with Crippen molar-refractivity contribution in [2.45, 2.75) is 46.6 Å². The molecule has 0 fully saturated rings. The third-order valence-corrected chi connectivity index (χ3v) is 3.13.